The van der Waals surface area contributed by atoms with Crippen molar-refractivity contribution in [2.75, 3.05) is 32.6 Å². The maximum Gasteiger partial charge on any atom is 0.241 e. The number of hydrogen-bond donors (Lipinski definition) is 0. The van der Waals surface area contributed by atoms with E-state index in [4.69, 9.17) is 0 Å². The van der Waals surface area contributed by atoms with Gasteiger partial charge in [-0.1, -0.05) is 13.8 Å². The van der Waals surface area contributed by atoms with Crippen LogP contribution in [0.4, 0.5) is 5.82 Å². The zero-order valence-electron chi connectivity index (χ0n) is 12.8. The van der Waals surface area contributed by atoms with Gasteiger partial charge in [-0.25, -0.2) is 0 Å². The van der Waals surface area contributed by atoms with Gasteiger partial charge in [-0.15, -0.1) is 5.10 Å². The average Bonchev–Trinajstić information content (AvgIpc) is 2.44. The number of hydrogen-bond acceptors (Lipinski definition) is 5. The number of aromatic nitrogens is 2. The Morgan fingerprint density at radius 2 is 1.85 bits per heavy atom. The van der Waals surface area contributed by atoms with Crippen LogP contribution in [0.2, 0.25) is 0 Å². The van der Waals surface area contributed by atoms with Crippen LogP contribution in [0.1, 0.15) is 30.7 Å². The van der Waals surface area contributed by atoms with E-state index in [-0.39, 0.29) is 12.5 Å². The average molecular weight is 275 g/mol. The number of carbonyl (C=O) groups excluding carboxylic acids is 1. The first kappa shape index (κ1) is 15.9. The Labute approximate surface area is 120 Å². The van der Waals surface area contributed by atoms with Crippen LogP contribution < -0.4 is 4.90 Å². The molecule has 0 atom stereocenters. The van der Waals surface area contributed by atoms with Crippen molar-refractivity contribution in [3.05, 3.63) is 16.8 Å². The number of rotatable bonds is 5. The van der Waals surface area contributed by atoms with Gasteiger partial charge in [0.05, 0.1) is 12.2 Å². The molecule has 1 aromatic heterocycles. The third-order valence-corrected chi connectivity index (χ3v) is 3.17. The van der Waals surface area contributed by atoms with Crippen LogP contribution in [0, 0.1) is 11.3 Å². The maximum atomic E-state index is 11.8. The van der Waals surface area contributed by atoms with Crippen LogP contribution >= 0.6 is 0 Å². The molecule has 0 aromatic carbocycles. The lowest BCUT2D eigenvalue weighted by Crippen LogP contribution is -2.35. The van der Waals surface area contributed by atoms with Crippen molar-refractivity contribution in [3.8, 4) is 6.07 Å². The largest absolute Gasteiger partial charge is 0.348 e. The molecule has 0 saturated heterocycles. The summed E-state index contributed by atoms with van der Waals surface area (Å²) in [5, 5.41) is 17.7. The molecule has 0 fully saturated rings. The number of nitrogens with zero attached hydrogens (tertiary/aromatic N) is 5. The SMILES string of the molecule is CCc1nnc(N(C)CC(=O)N(C)C)c(C#N)c1CC. The number of anilines is 1. The second-order valence-corrected chi connectivity index (χ2v) is 4.79. The van der Waals surface area contributed by atoms with Gasteiger partial charge in [0, 0.05) is 21.1 Å². The summed E-state index contributed by atoms with van der Waals surface area (Å²) in [7, 11) is 5.15. The van der Waals surface area contributed by atoms with E-state index >= 15 is 0 Å². The summed E-state index contributed by atoms with van der Waals surface area (Å²) in [6.45, 7) is 4.15. The minimum absolute atomic E-state index is 0.0455. The van der Waals surface area contributed by atoms with E-state index in [2.05, 4.69) is 16.3 Å². The van der Waals surface area contributed by atoms with Crippen LogP contribution in [-0.4, -0.2) is 48.7 Å². The summed E-state index contributed by atoms with van der Waals surface area (Å²) in [6, 6.07) is 2.20. The second-order valence-electron chi connectivity index (χ2n) is 4.79. The highest BCUT2D eigenvalue weighted by Crippen LogP contribution is 2.22. The molecule has 0 radical (unpaired) electrons. The molecular weight excluding hydrogens is 254 g/mol. The lowest BCUT2D eigenvalue weighted by atomic mass is 10.0. The van der Waals surface area contributed by atoms with E-state index in [0.717, 1.165) is 24.1 Å². The van der Waals surface area contributed by atoms with Crippen molar-refractivity contribution < 1.29 is 4.79 Å². The van der Waals surface area contributed by atoms with Crippen LogP contribution in [0.25, 0.3) is 0 Å². The summed E-state index contributed by atoms with van der Waals surface area (Å²) < 4.78 is 0. The minimum Gasteiger partial charge on any atom is -0.348 e. The molecule has 1 aromatic rings. The Hall–Kier alpha value is -2.16. The topological polar surface area (TPSA) is 73.1 Å². The van der Waals surface area contributed by atoms with Crippen LogP contribution in [0.5, 0.6) is 0 Å². The van der Waals surface area contributed by atoms with Crippen molar-refractivity contribution in [1.82, 2.24) is 15.1 Å². The lowest BCUT2D eigenvalue weighted by Gasteiger charge is -2.21. The Kier molecular flexibility index (Phi) is 5.44. The monoisotopic (exact) mass is 275 g/mol. The molecule has 1 heterocycles. The van der Waals surface area contributed by atoms with E-state index in [1.165, 1.54) is 4.90 Å². The third kappa shape index (κ3) is 3.23. The van der Waals surface area contributed by atoms with Crippen molar-refractivity contribution in [3.63, 3.8) is 0 Å². The molecule has 0 unspecified atom stereocenters. The first-order chi connectivity index (χ1) is 9.46. The van der Waals surface area contributed by atoms with Gasteiger partial charge in [0.1, 0.15) is 11.6 Å². The lowest BCUT2D eigenvalue weighted by molar-refractivity contribution is -0.127. The van der Waals surface area contributed by atoms with Gasteiger partial charge >= 0.3 is 0 Å². The standard InChI is InChI=1S/C14H21N5O/c1-6-10-11(8-15)14(17-16-12(10)7-2)19(5)9-13(20)18(3)4/h6-7,9H2,1-5H3. The van der Waals surface area contributed by atoms with Gasteiger partial charge in [-0.2, -0.15) is 10.4 Å². The summed E-state index contributed by atoms with van der Waals surface area (Å²) >= 11 is 0. The van der Waals surface area contributed by atoms with E-state index in [9.17, 15) is 10.1 Å². The molecule has 0 N–H and O–H groups in total. The van der Waals surface area contributed by atoms with Gasteiger partial charge in [-0.3, -0.25) is 4.79 Å². The molecule has 0 aliphatic rings. The molecule has 0 spiro atoms. The smallest absolute Gasteiger partial charge is 0.241 e. The highest BCUT2D eigenvalue weighted by atomic mass is 16.2. The third-order valence-electron chi connectivity index (χ3n) is 3.17. The minimum atomic E-state index is -0.0455. The van der Waals surface area contributed by atoms with Gasteiger partial charge in [-0.05, 0) is 18.4 Å². The van der Waals surface area contributed by atoms with E-state index in [1.807, 2.05) is 13.8 Å². The van der Waals surface area contributed by atoms with Crippen molar-refractivity contribution in [2.24, 2.45) is 0 Å². The molecule has 0 saturated carbocycles. The van der Waals surface area contributed by atoms with Gasteiger partial charge < -0.3 is 9.80 Å². The van der Waals surface area contributed by atoms with Gasteiger partial charge in [0.2, 0.25) is 5.91 Å². The van der Waals surface area contributed by atoms with Gasteiger partial charge in [0.25, 0.3) is 0 Å². The van der Waals surface area contributed by atoms with E-state index in [0.29, 0.717) is 11.4 Å². The number of likely N-dealkylation sites (N-methyl/N-ethyl adjacent to an activating group) is 2. The fraction of sp³-hybridized carbons (Fsp3) is 0.571. The molecule has 6 nitrogen and oxygen atoms in total. The Bertz CT molecular complexity index is 533. The summed E-state index contributed by atoms with van der Waals surface area (Å²) in [5.74, 6) is 0.424. The summed E-state index contributed by atoms with van der Waals surface area (Å²) in [6.07, 6.45) is 1.47. The second kappa shape index (κ2) is 6.85. The zero-order chi connectivity index (χ0) is 15.3. The fourth-order valence-electron chi connectivity index (χ4n) is 1.97. The Balaban J connectivity index is 3.19. The van der Waals surface area contributed by atoms with Crippen LogP contribution in [0.15, 0.2) is 0 Å². The predicted molar refractivity (Wildman–Crippen MR) is 77.5 cm³/mol. The fourth-order valence-corrected chi connectivity index (χ4v) is 1.97. The summed E-state index contributed by atoms with van der Waals surface area (Å²) in [4.78, 5) is 14.9. The highest BCUT2D eigenvalue weighted by Gasteiger charge is 2.19. The Morgan fingerprint density at radius 1 is 1.20 bits per heavy atom. The molecule has 1 amide bonds. The molecule has 0 bridgehead atoms. The molecule has 0 aliphatic heterocycles. The number of carbonyl (C=O) groups is 1. The zero-order valence-corrected chi connectivity index (χ0v) is 12.8. The first-order valence-electron chi connectivity index (χ1n) is 6.65. The number of amides is 1. The number of aryl methyl sites for hydroxylation is 1. The summed E-state index contributed by atoms with van der Waals surface area (Å²) in [5.41, 5.74) is 2.29. The van der Waals surface area contributed by atoms with E-state index < -0.39 is 0 Å². The quantitative estimate of drug-likeness (QED) is 0.801. The molecule has 108 valence electrons. The molecule has 6 heteroatoms. The number of nitriles is 1. The molecule has 1 rings (SSSR count). The highest BCUT2D eigenvalue weighted by molar-refractivity contribution is 5.81. The molecular formula is C14H21N5O. The van der Waals surface area contributed by atoms with Gasteiger partial charge in [0.15, 0.2) is 5.82 Å². The van der Waals surface area contributed by atoms with E-state index in [1.54, 1.807) is 26.0 Å². The predicted octanol–water partition coefficient (Wildman–Crippen LogP) is 0.997. The first-order valence-corrected chi connectivity index (χ1v) is 6.65. The van der Waals surface area contributed by atoms with Crippen LogP contribution in [-0.2, 0) is 17.6 Å². The Morgan fingerprint density at radius 3 is 2.30 bits per heavy atom. The normalized spacial score (nSPS) is 10.0. The van der Waals surface area contributed by atoms with Crippen molar-refractivity contribution in [2.45, 2.75) is 26.7 Å². The molecule has 20 heavy (non-hydrogen) atoms. The maximum absolute atomic E-state index is 11.8. The molecule has 0 aliphatic carbocycles. The van der Waals surface area contributed by atoms with Crippen LogP contribution in [0.3, 0.4) is 0 Å². The van der Waals surface area contributed by atoms with Crippen molar-refractivity contribution in [1.29, 1.82) is 5.26 Å². The van der Waals surface area contributed by atoms with Crippen molar-refractivity contribution >= 4 is 11.7 Å².